The van der Waals surface area contributed by atoms with E-state index in [0.29, 0.717) is 12.4 Å². The first-order valence-electron chi connectivity index (χ1n) is 11.2. The van der Waals surface area contributed by atoms with Gasteiger partial charge >= 0.3 is 0 Å². The van der Waals surface area contributed by atoms with E-state index in [1.165, 1.54) is 5.39 Å². The number of pyridine rings is 1. The number of amides is 1. The third-order valence-electron chi connectivity index (χ3n) is 5.98. The van der Waals surface area contributed by atoms with Crippen LogP contribution >= 0.6 is 11.8 Å². The molecule has 32 heavy (non-hydrogen) atoms. The van der Waals surface area contributed by atoms with Gasteiger partial charge in [0.2, 0.25) is 5.91 Å². The number of aromatic nitrogens is 1. The summed E-state index contributed by atoms with van der Waals surface area (Å²) in [6.07, 6.45) is 1.01. The smallest absolute Gasteiger partial charge is 0.234 e. The van der Waals surface area contributed by atoms with E-state index in [1.54, 1.807) is 11.8 Å². The summed E-state index contributed by atoms with van der Waals surface area (Å²) in [6, 6.07) is 18.5. The molecule has 166 valence electrons. The van der Waals surface area contributed by atoms with E-state index < -0.39 is 0 Å². The highest BCUT2D eigenvalue weighted by Crippen LogP contribution is 2.34. The normalized spacial score (nSPS) is 17.2. The number of fused-ring (bicyclic) bond motifs is 2. The number of rotatable bonds is 7. The van der Waals surface area contributed by atoms with Crippen LogP contribution in [0.2, 0.25) is 0 Å². The molecule has 0 aliphatic carbocycles. The van der Waals surface area contributed by atoms with Crippen LogP contribution in [0.25, 0.3) is 10.9 Å². The fourth-order valence-electron chi connectivity index (χ4n) is 4.22. The van der Waals surface area contributed by atoms with Crippen molar-refractivity contribution in [3.63, 3.8) is 0 Å². The minimum atomic E-state index is 0.0600. The van der Waals surface area contributed by atoms with Crippen molar-refractivity contribution in [3.8, 4) is 5.75 Å². The van der Waals surface area contributed by atoms with E-state index in [9.17, 15) is 4.79 Å². The molecule has 3 aromatic rings. The highest BCUT2D eigenvalue weighted by molar-refractivity contribution is 8.00. The molecule has 5 rings (SSSR count). The number of hydrogen-bond donors (Lipinski definition) is 1. The van der Waals surface area contributed by atoms with Gasteiger partial charge in [0, 0.05) is 49.6 Å². The van der Waals surface area contributed by atoms with Crippen molar-refractivity contribution in [2.24, 2.45) is 0 Å². The molecule has 0 saturated carbocycles. The molecule has 1 N–H and O–H groups in total. The van der Waals surface area contributed by atoms with Crippen molar-refractivity contribution >= 4 is 34.3 Å². The van der Waals surface area contributed by atoms with Gasteiger partial charge in [-0.1, -0.05) is 24.3 Å². The van der Waals surface area contributed by atoms with Gasteiger partial charge in [-0.25, -0.2) is 0 Å². The standard InChI is InChI=1S/C25H28N4O2S/c30-25-18-32-24-16-21(8-9-23(24)27-25)31-15-3-10-28-11-13-29(14-12-28)17-20-7-6-19-4-1-2-5-22(19)26-20/h1-2,4-9,16H,3,10-15,17-18H2,(H,27,30). The highest BCUT2D eigenvalue weighted by Gasteiger charge is 2.18. The van der Waals surface area contributed by atoms with Gasteiger partial charge in [-0.3, -0.25) is 14.7 Å². The van der Waals surface area contributed by atoms with E-state index >= 15 is 0 Å². The number of thioether (sulfide) groups is 1. The molecule has 0 atom stereocenters. The van der Waals surface area contributed by atoms with Crippen molar-refractivity contribution in [1.82, 2.24) is 14.8 Å². The molecule has 1 amide bonds. The summed E-state index contributed by atoms with van der Waals surface area (Å²) in [5.41, 5.74) is 3.11. The maximum absolute atomic E-state index is 11.5. The second-order valence-electron chi connectivity index (χ2n) is 8.31. The summed E-state index contributed by atoms with van der Waals surface area (Å²) < 4.78 is 5.95. The topological polar surface area (TPSA) is 57.7 Å². The number of ether oxygens (including phenoxy) is 1. The largest absolute Gasteiger partial charge is 0.494 e. The first-order valence-corrected chi connectivity index (χ1v) is 12.2. The van der Waals surface area contributed by atoms with Crippen molar-refractivity contribution in [1.29, 1.82) is 0 Å². The number of carbonyl (C=O) groups excluding carboxylic acids is 1. The monoisotopic (exact) mass is 448 g/mol. The van der Waals surface area contributed by atoms with Crippen LogP contribution in [0.5, 0.6) is 5.75 Å². The van der Waals surface area contributed by atoms with Gasteiger partial charge in [0.25, 0.3) is 0 Å². The zero-order valence-corrected chi connectivity index (χ0v) is 18.9. The zero-order valence-electron chi connectivity index (χ0n) is 18.1. The Labute approximate surface area is 192 Å². The van der Waals surface area contributed by atoms with Crippen molar-refractivity contribution < 1.29 is 9.53 Å². The lowest BCUT2D eigenvalue weighted by atomic mass is 10.2. The third kappa shape index (κ3) is 5.23. The summed E-state index contributed by atoms with van der Waals surface area (Å²) >= 11 is 1.56. The number of nitrogens with one attached hydrogen (secondary N) is 1. The van der Waals surface area contributed by atoms with E-state index in [-0.39, 0.29) is 5.91 Å². The Hall–Kier alpha value is -2.61. The van der Waals surface area contributed by atoms with Gasteiger partial charge in [-0.05, 0) is 36.8 Å². The summed E-state index contributed by atoms with van der Waals surface area (Å²) in [4.78, 5) is 22.4. The first-order chi connectivity index (χ1) is 15.7. The molecule has 0 unspecified atom stereocenters. The molecule has 6 nitrogen and oxygen atoms in total. The Morgan fingerprint density at radius 3 is 2.75 bits per heavy atom. The van der Waals surface area contributed by atoms with Gasteiger partial charge in [-0.15, -0.1) is 11.8 Å². The molecular weight excluding hydrogens is 420 g/mol. The lowest BCUT2D eigenvalue weighted by molar-refractivity contribution is -0.113. The maximum atomic E-state index is 11.5. The van der Waals surface area contributed by atoms with Crippen LogP contribution in [0.3, 0.4) is 0 Å². The average Bonchev–Trinajstić information content (AvgIpc) is 2.83. The van der Waals surface area contributed by atoms with Crippen LogP contribution < -0.4 is 10.1 Å². The van der Waals surface area contributed by atoms with E-state index in [4.69, 9.17) is 9.72 Å². The van der Waals surface area contributed by atoms with Gasteiger partial charge in [0.15, 0.2) is 0 Å². The quantitative estimate of drug-likeness (QED) is 0.554. The SMILES string of the molecule is O=C1CSc2cc(OCCCN3CCN(Cc4ccc5ccccc5n4)CC3)ccc2N1. The average molecular weight is 449 g/mol. The molecule has 2 aliphatic rings. The Morgan fingerprint density at radius 1 is 1.00 bits per heavy atom. The lowest BCUT2D eigenvalue weighted by Gasteiger charge is -2.34. The minimum absolute atomic E-state index is 0.0600. The molecule has 1 aromatic heterocycles. The van der Waals surface area contributed by atoms with E-state index in [1.807, 2.05) is 24.3 Å². The molecule has 0 bridgehead atoms. The Balaban J connectivity index is 1.03. The fourth-order valence-corrected chi connectivity index (χ4v) is 5.05. The van der Waals surface area contributed by atoms with Gasteiger partial charge < -0.3 is 15.0 Å². The highest BCUT2D eigenvalue weighted by atomic mass is 32.2. The summed E-state index contributed by atoms with van der Waals surface area (Å²) in [5, 5.41) is 4.09. The number of piperazine rings is 1. The number of carbonyl (C=O) groups is 1. The number of hydrogen-bond acceptors (Lipinski definition) is 6. The van der Waals surface area contributed by atoms with Crippen LogP contribution in [-0.4, -0.2) is 65.8 Å². The van der Waals surface area contributed by atoms with Crippen molar-refractivity contribution in [2.45, 2.75) is 17.9 Å². The number of anilines is 1. The van der Waals surface area contributed by atoms with Gasteiger partial charge in [-0.2, -0.15) is 0 Å². The Kier molecular flexibility index (Phi) is 6.57. The Morgan fingerprint density at radius 2 is 1.84 bits per heavy atom. The van der Waals surface area contributed by atoms with Crippen molar-refractivity contribution in [2.75, 3.05) is 50.4 Å². The number of para-hydroxylation sites is 1. The van der Waals surface area contributed by atoms with Crippen molar-refractivity contribution in [3.05, 3.63) is 60.3 Å². The summed E-state index contributed by atoms with van der Waals surface area (Å²) in [7, 11) is 0. The Bertz CT molecular complexity index is 1100. The molecule has 1 saturated heterocycles. The third-order valence-corrected chi connectivity index (χ3v) is 7.04. The number of benzene rings is 2. The van der Waals surface area contributed by atoms with Crippen LogP contribution in [0.15, 0.2) is 59.5 Å². The second kappa shape index (κ2) is 9.90. The van der Waals surface area contributed by atoms with Crippen LogP contribution in [-0.2, 0) is 11.3 Å². The molecule has 3 heterocycles. The second-order valence-corrected chi connectivity index (χ2v) is 9.33. The molecule has 0 radical (unpaired) electrons. The van der Waals surface area contributed by atoms with Gasteiger partial charge in [0.05, 0.1) is 29.3 Å². The maximum Gasteiger partial charge on any atom is 0.234 e. The van der Waals surface area contributed by atoms with Gasteiger partial charge in [0.1, 0.15) is 5.75 Å². The molecule has 0 spiro atoms. The van der Waals surface area contributed by atoms with Crippen LogP contribution in [0.4, 0.5) is 5.69 Å². The summed E-state index contributed by atoms with van der Waals surface area (Å²) in [5.74, 6) is 1.41. The summed E-state index contributed by atoms with van der Waals surface area (Å²) in [6.45, 7) is 6.99. The lowest BCUT2D eigenvalue weighted by Crippen LogP contribution is -2.46. The predicted octanol–water partition coefficient (Wildman–Crippen LogP) is 3.87. The first kappa shape index (κ1) is 21.2. The molecule has 7 heteroatoms. The van der Waals surface area contributed by atoms with E-state index in [2.05, 4.69) is 45.4 Å². The zero-order chi connectivity index (χ0) is 21.8. The number of nitrogens with zero attached hydrogens (tertiary/aromatic N) is 3. The predicted molar refractivity (Wildman–Crippen MR) is 129 cm³/mol. The van der Waals surface area contributed by atoms with Crippen LogP contribution in [0, 0.1) is 0 Å². The molecule has 1 fully saturated rings. The van der Waals surface area contributed by atoms with E-state index in [0.717, 1.165) is 73.2 Å². The molecule has 2 aliphatic heterocycles. The van der Waals surface area contributed by atoms with Crippen LogP contribution in [0.1, 0.15) is 12.1 Å². The fraction of sp³-hybridized carbons (Fsp3) is 0.360. The molecule has 2 aromatic carbocycles. The minimum Gasteiger partial charge on any atom is -0.494 e. The molecular formula is C25H28N4O2S.